The topological polar surface area (TPSA) is 12.5 Å². The minimum atomic E-state index is -0.180. The molecule has 0 radical (unpaired) electrons. The van der Waals surface area contributed by atoms with Crippen LogP contribution >= 0.6 is 0 Å². The molecule has 0 bridgehead atoms. The smallest absolute Gasteiger partial charge is 0.119 e. The normalized spacial score (nSPS) is 13.9. The molecule has 0 saturated carbocycles. The van der Waals surface area contributed by atoms with Gasteiger partial charge in [0.05, 0.1) is 18.5 Å². The lowest BCUT2D eigenvalue weighted by atomic mass is 9.71. The highest BCUT2D eigenvalue weighted by atomic mass is 16.5. The van der Waals surface area contributed by atoms with Crippen molar-refractivity contribution in [2.24, 2.45) is 0 Å². The molecule has 1 aliphatic heterocycles. The van der Waals surface area contributed by atoms with E-state index in [1.807, 2.05) is 0 Å². The summed E-state index contributed by atoms with van der Waals surface area (Å²) in [6, 6.07) is 39.1. The maximum Gasteiger partial charge on any atom is 0.119 e. The second kappa shape index (κ2) is 7.78. The van der Waals surface area contributed by atoms with Crippen LogP contribution in [-0.2, 0) is 5.41 Å². The average Bonchev–Trinajstić information content (AvgIpc) is 2.89. The van der Waals surface area contributed by atoms with Gasteiger partial charge in [0.15, 0.2) is 0 Å². The van der Waals surface area contributed by atoms with Gasteiger partial charge >= 0.3 is 0 Å². The lowest BCUT2D eigenvalue weighted by Crippen LogP contribution is -2.31. The molecule has 0 aromatic heterocycles. The second-order valence-corrected chi connectivity index (χ2v) is 9.44. The summed E-state index contributed by atoms with van der Waals surface area (Å²) in [6.07, 6.45) is 0. The van der Waals surface area contributed by atoms with Gasteiger partial charge in [0.2, 0.25) is 0 Å². The summed E-state index contributed by atoms with van der Waals surface area (Å²) in [5, 5.41) is 2.56. The Morgan fingerprint density at radius 3 is 2.09 bits per heavy atom. The molecular formula is C32H27NO. The van der Waals surface area contributed by atoms with Crippen molar-refractivity contribution in [3.8, 4) is 16.9 Å². The number of hydrogen-bond acceptors (Lipinski definition) is 2. The number of methoxy groups -OCH3 is 1. The summed E-state index contributed by atoms with van der Waals surface area (Å²) >= 11 is 0. The van der Waals surface area contributed by atoms with Crippen molar-refractivity contribution in [2.45, 2.75) is 19.3 Å². The minimum Gasteiger partial charge on any atom is -0.497 e. The van der Waals surface area contributed by atoms with E-state index in [1.165, 1.54) is 44.4 Å². The predicted octanol–water partition coefficient (Wildman–Crippen LogP) is 8.62. The van der Waals surface area contributed by atoms with Gasteiger partial charge in [0.1, 0.15) is 5.75 Å². The van der Waals surface area contributed by atoms with E-state index in [4.69, 9.17) is 4.74 Å². The third-order valence-corrected chi connectivity index (χ3v) is 7.12. The fraction of sp³-hybridized carbons (Fsp3) is 0.125. The van der Waals surface area contributed by atoms with Gasteiger partial charge in [-0.25, -0.2) is 0 Å². The largest absolute Gasteiger partial charge is 0.497 e. The molecule has 2 nitrogen and oxygen atoms in total. The number of ether oxygens (including phenoxy) is 1. The first-order valence-electron chi connectivity index (χ1n) is 11.7. The molecule has 1 heterocycles. The molecule has 6 rings (SSSR count). The Bertz CT molecular complexity index is 1500. The Morgan fingerprint density at radius 2 is 1.32 bits per heavy atom. The van der Waals surface area contributed by atoms with Gasteiger partial charge in [0.25, 0.3) is 0 Å². The maximum absolute atomic E-state index is 5.64. The number of fused-ring (bicyclic) bond motifs is 4. The SMILES string of the molecule is COc1ccc2c(c1)C(C)(C)c1c(ccc3ccccc13)N2c1ccc(-c2ccccc2)cc1. The Hall–Kier alpha value is -4.04. The summed E-state index contributed by atoms with van der Waals surface area (Å²) < 4.78 is 5.64. The van der Waals surface area contributed by atoms with Crippen LogP contribution in [-0.4, -0.2) is 7.11 Å². The summed E-state index contributed by atoms with van der Waals surface area (Å²) in [4.78, 5) is 2.40. The zero-order valence-corrected chi connectivity index (χ0v) is 19.7. The van der Waals surface area contributed by atoms with Crippen molar-refractivity contribution in [1.82, 2.24) is 0 Å². The molecule has 0 spiro atoms. The van der Waals surface area contributed by atoms with Gasteiger partial charge in [0, 0.05) is 11.1 Å². The first kappa shape index (κ1) is 20.6. The van der Waals surface area contributed by atoms with Crippen LogP contribution in [0.15, 0.2) is 109 Å². The molecule has 0 saturated heterocycles. The molecule has 0 N–H and O–H groups in total. The zero-order chi connectivity index (χ0) is 23.3. The van der Waals surface area contributed by atoms with E-state index < -0.39 is 0 Å². The van der Waals surface area contributed by atoms with E-state index in [2.05, 4.69) is 128 Å². The lowest BCUT2D eigenvalue weighted by Gasteiger charge is -2.43. The van der Waals surface area contributed by atoms with Crippen LogP contribution in [0, 0.1) is 0 Å². The predicted molar refractivity (Wildman–Crippen MR) is 143 cm³/mol. The molecule has 0 fully saturated rings. The molecule has 5 aromatic carbocycles. The summed E-state index contributed by atoms with van der Waals surface area (Å²) in [6.45, 7) is 4.65. The van der Waals surface area contributed by atoms with Crippen molar-refractivity contribution < 1.29 is 4.74 Å². The lowest BCUT2D eigenvalue weighted by molar-refractivity contribution is 0.413. The van der Waals surface area contributed by atoms with Gasteiger partial charge in [-0.2, -0.15) is 0 Å². The van der Waals surface area contributed by atoms with E-state index in [0.29, 0.717) is 0 Å². The molecule has 1 aliphatic rings. The van der Waals surface area contributed by atoms with Crippen LogP contribution in [0.4, 0.5) is 17.1 Å². The van der Waals surface area contributed by atoms with Crippen LogP contribution < -0.4 is 9.64 Å². The van der Waals surface area contributed by atoms with Crippen LogP contribution in [0.5, 0.6) is 5.75 Å². The molecule has 0 amide bonds. The molecule has 2 heteroatoms. The van der Waals surface area contributed by atoms with Gasteiger partial charge in [-0.1, -0.05) is 86.6 Å². The van der Waals surface area contributed by atoms with E-state index in [0.717, 1.165) is 11.4 Å². The number of hydrogen-bond donors (Lipinski definition) is 0. The van der Waals surface area contributed by atoms with Crippen LogP contribution in [0.2, 0.25) is 0 Å². The summed E-state index contributed by atoms with van der Waals surface area (Å²) in [5.74, 6) is 0.884. The van der Waals surface area contributed by atoms with Crippen LogP contribution in [0.1, 0.15) is 25.0 Å². The quantitative estimate of drug-likeness (QED) is 0.278. The Labute approximate surface area is 201 Å². The van der Waals surface area contributed by atoms with Crippen molar-refractivity contribution in [1.29, 1.82) is 0 Å². The fourth-order valence-corrected chi connectivity index (χ4v) is 5.42. The number of rotatable bonds is 3. The third-order valence-electron chi connectivity index (χ3n) is 7.12. The van der Waals surface area contributed by atoms with Crippen molar-refractivity contribution in [2.75, 3.05) is 12.0 Å². The van der Waals surface area contributed by atoms with Gasteiger partial charge in [-0.3, -0.25) is 0 Å². The number of nitrogens with zero attached hydrogens (tertiary/aromatic N) is 1. The fourth-order valence-electron chi connectivity index (χ4n) is 5.42. The third kappa shape index (κ3) is 3.10. The maximum atomic E-state index is 5.64. The molecule has 0 unspecified atom stereocenters. The monoisotopic (exact) mass is 441 g/mol. The second-order valence-electron chi connectivity index (χ2n) is 9.44. The number of anilines is 3. The van der Waals surface area contributed by atoms with Crippen molar-refractivity contribution in [3.05, 3.63) is 120 Å². The molecular weight excluding hydrogens is 414 g/mol. The molecule has 0 aliphatic carbocycles. The standard InChI is InChI=1S/C32H27NO/c1-32(2)28-21-26(34-3)18-20-29(28)33(30-19-15-24-11-7-8-12-27(24)31(30)32)25-16-13-23(14-17-25)22-9-5-4-6-10-22/h4-21H,1-3H3. The van der Waals surface area contributed by atoms with Gasteiger partial charge < -0.3 is 9.64 Å². The highest BCUT2D eigenvalue weighted by Crippen LogP contribution is 2.54. The van der Waals surface area contributed by atoms with Crippen molar-refractivity contribution in [3.63, 3.8) is 0 Å². The van der Waals surface area contributed by atoms with Crippen molar-refractivity contribution >= 4 is 27.8 Å². The molecule has 34 heavy (non-hydrogen) atoms. The first-order valence-corrected chi connectivity index (χ1v) is 11.7. The minimum absolute atomic E-state index is 0.180. The summed E-state index contributed by atoms with van der Waals surface area (Å²) in [7, 11) is 1.74. The van der Waals surface area contributed by atoms with E-state index in [9.17, 15) is 0 Å². The first-order chi connectivity index (χ1) is 16.6. The average molecular weight is 442 g/mol. The van der Waals surface area contributed by atoms with Crippen LogP contribution in [0.25, 0.3) is 21.9 Å². The zero-order valence-electron chi connectivity index (χ0n) is 19.7. The molecule has 0 atom stereocenters. The number of benzene rings is 5. The van der Waals surface area contributed by atoms with E-state index >= 15 is 0 Å². The van der Waals surface area contributed by atoms with E-state index in [-0.39, 0.29) is 5.41 Å². The van der Waals surface area contributed by atoms with Gasteiger partial charge in [-0.05, 0) is 69.4 Å². The van der Waals surface area contributed by atoms with Gasteiger partial charge in [-0.15, -0.1) is 0 Å². The van der Waals surface area contributed by atoms with E-state index in [1.54, 1.807) is 7.11 Å². The Morgan fingerprint density at radius 1 is 0.647 bits per heavy atom. The Kier molecular flexibility index (Phi) is 4.70. The molecule has 166 valence electrons. The highest BCUT2D eigenvalue weighted by molar-refractivity contribution is 5.98. The van der Waals surface area contributed by atoms with Crippen LogP contribution in [0.3, 0.4) is 0 Å². The molecule has 5 aromatic rings. The highest BCUT2D eigenvalue weighted by Gasteiger charge is 2.38. The summed E-state index contributed by atoms with van der Waals surface area (Å²) in [5.41, 5.74) is 8.45. The Balaban J connectivity index is 1.60.